The predicted molar refractivity (Wildman–Crippen MR) is 129 cm³/mol. The van der Waals surface area contributed by atoms with Crippen LogP contribution in [0.2, 0.25) is 0 Å². The maximum atomic E-state index is 13.5. The van der Waals surface area contributed by atoms with Crippen molar-refractivity contribution in [2.75, 3.05) is 20.3 Å². The van der Waals surface area contributed by atoms with E-state index in [0.29, 0.717) is 0 Å². The van der Waals surface area contributed by atoms with Crippen molar-refractivity contribution in [1.29, 1.82) is 0 Å². The molecule has 4 rings (SSSR count). The Kier molecular flexibility index (Phi) is 8.41. The van der Waals surface area contributed by atoms with Crippen molar-refractivity contribution >= 4 is 11.8 Å². The highest BCUT2D eigenvalue weighted by molar-refractivity contribution is 6.02. The van der Waals surface area contributed by atoms with Gasteiger partial charge in [0.1, 0.15) is 18.3 Å². The molecule has 0 bridgehead atoms. The third-order valence-corrected chi connectivity index (χ3v) is 5.83. The minimum atomic E-state index is -1.58. The Balaban J connectivity index is 1.71. The van der Waals surface area contributed by atoms with Gasteiger partial charge in [-0.3, -0.25) is 19.1 Å². The molecule has 0 saturated carbocycles. The van der Waals surface area contributed by atoms with Crippen LogP contribution in [0.1, 0.15) is 26.9 Å². The molecule has 1 unspecified atom stereocenters. The molecule has 11 heteroatoms. The number of hydrogen-bond donors (Lipinski definition) is 2. The van der Waals surface area contributed by atoms with Crippen molar-refractivity contribution < 1.29 is 33.6 Å². The van der Waals surface area contributed by atoms with Gasteiger partial charge < -0.3 is 24.1 Å². The van der Waals surface area contributed by atoms with Gasteiger partial charge in [0.2, 0.25) is 5.78 Å². The topological polar surface area (TPSA) is 146 Å². The molecule has 2 N–H and O–H groups in total. The Labute approximate surface area is 211 Å². The lowest BCUT2D eigenvalue weighted by molar-refractivity contribution is -0.0900. The van der Waals surface area contributed by atoms with Crippen LogP contribution in [0.15, 0.2) is 82.5 Å². The average Bonchev–Trinajstić information content (AvgIpc) is 3.23. The standard InChI is InChI=1S/C26H26N2O9/c1-34-14-15-35-23-20(31)22(36-24(23)28-13-12-18(29)27-26(28)33)21(19(30)16-8-4-2-5-9-16)37-25(32)17-10-6-3-7-11-17/h2-13,20-24,31H,14-15H2,1H3,(H,27,29,33)/t20-,21?,22+,23-,24-/m1/s1. The van der Waals surface area contributed by atoms with Gasteiger partial charge in [-0.25, -0.2) is 9.59 Å². The highest BCUT2D eigenvalue weighted by atomic mass is 16.6. The average molecular weight is 510 g/mol. The first-order chi connectivity index (χ1) is 17.9. The first-order valence-corrected chi connectivity index (χ1v) is 11.5. The third-order valence-electron chi connectivity index (χ3n) is 5.83. The lowest BCUT2D eigenvalue weighted by Crippen LogP contribution is -2.46. The van der Waals surface area contributed by atoms with Crippen LogP contribution in [0.5, 0.6) is 0 Å². The fourth-order valence-electron chi connectivity index (χ4n) is 4.02. The lowest BCUT2D eigenvalue weighted by atomic mass is 9.97. The zero-order valence-corrected chi connectivity index (χ0v) is 19.9. The molecule has 11 nitrogen and oxygen atoms in total. The Morgan fingerprint density at radius 2 is 1.65 bits per heavy atom. The van der Waals surface area contributed by atoms with Gasteiger partial charge in [-0.1, -0.05) is 48.5 Å². The number of aliphatic hydroxyl groups is 1. The van der Waals surface area contributed by atoms with E-state index in [1.54, 1.807) is 48.5 Å². The van der Waals surface area contributed by atoms with Crippen molar-refractivity contribution in [3.05, 3.63) is 105 Å². The van der Waals surface area contributed by atoms with Gasteiger partial charge >= 0.3 is 11.7 Å². The molecule has 1 fully saturated rings. The lowest BCUT2D eigenvalue weighted by Gasteiger charge is -2.25. The van der Waals surface area contributed by atoms with Gasteiger partial charge in [0.15, 0.2) is 12.3 Å². The van der Waals surface area contributed by atoms with Crippen molar-refractivity contribution in [3.63, 3.8) is 0 Å². The fraction of sp³-hybridized carbons (Fsp3) is 0.308. The summed E-state index contributed by atoms with van der Waals surface area (Å²) in [5.74, 6) is -1.41. The molecule has 1 aliphatic rings. The third kappa shape index (κ3) is 5.92. The maximum absolute atomic E-state index is 13.5. The molecule has 0 spiro atoms. The van der Waals surface area contributed by atoms with Gasteiger partial charge in [-0.15, -0.1) is 0 Å². The van der Waals surface area contributed by atoms with Gasteiger partial charge in [-0.2, -0.15) is 0 Å². The van der Waals surface area contributed by atoms with E-state index in [4.69, 9.17) is 18.9 Å². The van der Waals surface area contributed by atoms with Gasteiger partial charge in [-0.05, 0) is 12.1 Å². The zero-order chi connectivity index (χ0) is 26.4. The largest absolute Gasteiger partial charge is 0.447 e. The normalized spacial score (nSPS) is 21.9. The highest BCUT2D eigenvalue weighted by Crippen LogP contribution is 2.34. The summed E-state index contributed by atoms with van der Waals surface area (Å²) in [7, 11) is 1.47. The van der Waals surface area contributed by atoms with Crippen LogP contribution in [-0.2, 0) is 18.9 Å². The number of aromatic nitrogens is 2. The second-order valence-corrected chi connectivity index (χ2v) is 8.25. The molecule has 2 aromatic carbocycles. The molecule has 1 saturated heterocycles. The molecule has 0 amide bonds. The van der Waals surface area contributed by atoms with E-state index in [1.165, 1.54) is 25.4 Å². The van der Waals surface area contributed by atoms with Crippen LogP contribution < -0.4 is 11.2 Å². The number of nitrogens with zero attached hydrogens (tertiary/aromatic N) is 1. The number of hydrogen-bond acceptors (Lipinski definition) is 9. The van der Waals surface area contributed by atoms with Crippen LogP contribution in [0.4, 0.5) is 0 Å². The van der Waals surface area contributed by atoms with E-state index in [9.17, 15) is 24.3 Å². The zero-order valence-electron chi connectivity index (χ0n) is 19.9. The quantitative estimate of drug-likeness (QED) is 0.231. The van der Waals surface area contributed by atoms with E-state index >= 15 is 0 Å². The number of aliphatic hydroxyl groups excluding tert-OH is 1. The fourth-order valence-corrected chi connectivity index (χ4v) is 4.02. The number of carbonyl (C=O) groups excluding carboxylic acids is 2. The summed E-state index contributed by atoms with van der Waals surface area (Å²) in [5.41, 5.74) is -1.01. The second-order valence-electron chi connectivity index (χ2n) is 8.25. The van der Waals surface area contributed by atoms with Crippen molar-refractivity contribution in [2.45, 2.75) is 30.6 Å². The number of ketones is 1. The first-order valence-electron chi connectivity index (χ1n) is 11.5. The van der Waals surface area contributed by atoms with Crippen LogP contribution in [0.3, 0.4) is 0 Å². The summed E-state index contributed by atoms with van der Waals surface area (Å²) < 4.78 is 23.4. The molecule has 3 aromatic rings. The van der Waals surface area contributed by atoms with Crippen LogP contribution in [-0.4, -0.2) is 71.1 Å². The number of nitrogens with one attached hydrogen (secondary N) is 1. The summed E-state index contributed by atoms with van der Waals surface area (Å²) in [6.07, 6.45) is -5.70. The number of carbonyl (C=O) groups is 2. The molecule has 0 radical (unpaired) electrons. The van der Waals surface area contributed by atoms with Crippen LogP contribution in [0, 0.1) is 0 Å². The molecule has 37 heavy (non-hydrogen) atoms. The van der Waals surface area contributed by atoms with Crippen molar-refractivity contribution in [1.82, 2.24) is 9.55 Å². The summed E-state index contributed by atoms with van der Waals surface area (Å²) >= 11 is 0. The number of esters is 1. The number of benzene rings is 2. The van der Waals surface area contributed by atoms with Gasteiger partial charge in [0.25, 0.3) is 5.56 Å². The molecule has 194 valence electrons. The molecule has 1 aliphatic heterocycles. The Bertz CT molecular complexity index is 1320. The van der Waals surface area contributed by atoms with Crippen molar-refractivity contribution in [2.24, 2.45) is 0 Å². The molecule has 1 aromatic heterocycles. The summed E-state index contributed by atoms with van der Waals surface area (Å²) in [6, 6.07) is 17.3. The summed E-state index contributed by atoms with van der Waals surface area (Å²) in [5, 5.41) is 11.3. The predicted octanol–water partition coefficient (Wildman–Crippen LogP) is 0.935. The van der Waals surface area contributed by atoms with Gasteiger partial charge in [0, 0.05) is 24.9 Å². The number of Topliss-reactive ketones (excluding diaryl/α,β-unsaturated/α-hetero) is 1. The molecule has 0 aliphatic carbocycles. The molecular weight excluding hydrogens is 484 g/mol. The summed E-state index contributed by atoms with van der Waals surface area (Å²) in [4.78, 5) is 52.7. The number of H-pyrrole nitrogens is 1. The number of rotatable bonds is 10. The van der Waals surface area contributed by atoms with Gasteiger partial charge in [0.05, 0.1) is 18.8 Å². The summed E-state index contributed by atoms with van der Waals surface area (Å²) in [6.45, 7) is 0.209. The number of aromatic amines is 1. The van der Waals surface area contributed by atoms with E-state index in [2.05, 4.69) is 4.98 Å². The Hall–Kier alpha value is -3.90. The first kappa shape index (κ1) is 26.2. The highest BCUT2D eigenvalue weighted by Gasteiger charge is 2.52. The molecular formula is C26H26N2O9. The van der Waals surface area contributed by atoms with E-state index < -0.39 is 53.6 Å². The van der Waals surface area contributed by atoms with Crippen LogP contribution in [0.25, 0.3) is 0 Å². The molecule has 5 atom stereocenters. The Morgan fingerprint density at radius 3 is 2.27 bits per heavy atom. The van der Waals surface area contributed by atoms with Crippen molar-refractivity contribution in [3.8, 4) is 0 Å². The minimum Gasteiger partial charge on any atom is -0.447 e. The van der Waals surface area contributed by atoms with E-state index in [0.717, 1.165) is 10.6 Å². The number of ether oxygens (including phenoxy) is 4. The SMILES string of the molecule is COCCO[C@@H]1[C@H](O)[C@@H](C(OC(=O)c2ccccc2)C(=O)c2ccccc2)O[C@H]1n1ccc(=O)[nH]c1=O. The Morgan fingerprint density at radius 1 is 1.00 bits per heavy atom. The monoisotopic (exact) mass is 510 g/mol. The smallest absolute Gasteiger partial charge is 0.338 e. The second kappa shape index (κ2) is 11.9. The minimum absolute atomic E-state index is 0.0318. The molecule has 2 heterocycles. The number of methoxy groups -OCH3 is 1. The van der Waals surface area contributed by atoms with E-state index in [-0.39, 0.29) is 24.3 Å². The van der Waals surface area contributed by atoms with E-state index in [1.807, 2.05) is 0 Å². The maximum Gasteiger partial charge on any atom is 0.338 e. The van der Waals surface area contributed by atoms with Crippen LogP contribution >= 0.6 is 0 Å².